The SMILES string of the molecule is CCOC(=O)c1cnc2ccc(N3CCC(F)C3)nn12.CSc1cccc(F)c1. The lowest BCUT2D eigenvalue weighted by atomic mass is 10.3. The molecule has 6 nitrogen and oxygen atoms in total. The topological polar surface area (TPSA) is 59.7 Å². The number of benzene rings is 1. The van der Waals surface area contributed by atoms with Gasteiger partial charge in [-0.15, -0.1) is 16.9 Å². The van der Waals surface area contributed by atoms with Crippen LogP contribution in [0, 0.1) is 5.82 Å². The number of alkyl halides is 1. The first kappa shape index (κ1) is 21.0. The molecule has 29 heavy (non-hydrogen) atoms. The highest BCUT2D eigenvalue weighted by Gasteiger charge is 2.24. The maximum Gasteiger partial charge on any atom is 0.358 e. The number of esters is 1. The molecule has 0 radical (unpaired) electrons. The predicted molar refractivity (Wildman–Crippen MR) is 109 cm³/mol. The van der Waals surface area contributed by atoms with Crippen LogP contribution in [-0.2, 0) is 4.74 Å². The molecule has 0 aliphatic carbocycles. The van der Waals surface area contributed by atoms with E-state index in [4.69, 9.17) is 4.74 Å². The number of thioether (sulfide) groups is 1. The lowest BCUT2D eigenvalue weighted by Crippen LogP contribution is -2.22. The quantitative estimate of drug-likeness (QED) is 0.470. The molecule has 0 spiro atoms. The maximum absolute atomic E-state index is 13.3. The molecule has 4 rings (SSSR count). The van der Waals surface area contributed by atoms with Crippen molar-refractivity contribution in [2.45, 2.75) is 24.4 Å². The minimum atomic E-state index is -0.820. The lowest BCUT2D eigenvalue weighted by molar-refractivity contribution is 0.0516. The van der Waals surface area contributed by atoms with Crippen molar-refractivity contribution in [1.82, 2.24) is 14.6 Å². The van der Waals surface area contributed by atoms with Gasteiger partial charge >= 0.3 is 5.97 Å². The Labute approximate surface area is 171 Å². The molecule has 1 aliphatic heterocycles. The standard InChI is InChI=1S/C13H15FN4O2.C7H7FS/c1-2-20-13(19)10-7-15-11-3-4-12(16-18(10)11)17-6-5-9(14)8-17;1-9-7-4-2-3-6(8)5-7/h3-4,7,9H,2,5-6,8H2,1H3;2-5H,1H3. The fourth-order valence-corrected chi connectivity index (χ4v) is 3.34. The summed E-state index contributed by atoms with van der Waals surface area (Å²) in [6, 6.07) is 10.1. The van der Waals surface area contributed by atoms with Crippen LogP contribution in [0.2, 0.25) is 0 Å². The number of rotatable bonds is 4. The molecule has 1 atom stereocenters. The molecule has 0 N–H and O–H groups in total. The molecule has 0 bridgehead atoms. The lowest BCUT2D eigenvalue weighted by Gasteiger charge is -2.16. The second-order valence-corrected chi connectivity index (χ2v) is 7.20. The Morgan fingerprint density at radius 1 is 1.34 bits per heavy atom. The summed E-state index contributed by atoms with van der Waals surface area (Å²) in [6.07, 6.45) is 3.05. The molecule has 0 amide bonds. The van der Waals surface area contributed by atoms with E-state index in [-0.39, 0.29) is 11.5 Å². The molecule has 1 aromatic carbocycles. The summed E-state index contributed by atoms with van der Waals surface area (Å²) in [4.78, 5) is 18.7. The third kappa shape index (κ3) is 5.23. The van der Waals surface area contributed by atoms with Crippen LogP contribution in [0.5, 0.6) is 0 Å². The Balaban J connectivity index is 0.000000224. The smallest absolute Gasteiger partial charge is 0.358 e. The van der Waals surface area contributed by atoms with Gasteiger partial charge in [0.25, 0.3) is 0 Å². The summed E-state index contributed by atoms with van der Waals surface area (Å²) >= 11 is 1.54. The number of imidazole rings is 1. The molecule has 1 saturated heterocycles. The first-order valence-electron chi connectivity index (χ1n) is 9.22. The van der Waals surface area contributed by atoms with Crippen molar-refractivity contribution >= 4 is 29.2 Å². The number of carbonyl (C=O) groups is 1. The summed E-state index contributed by atoms with van der Waals surface area (Å²) in [5, 5.41) is 4.37. The van der Waals surface area contributed by atoms with Gasteiger partial charge in [-0.3, -0.25) is 0 Å². The third-order valence-electron chi connectivity index (χ3n) is 4.32. The fourth-order valence-electron chi connectivity index (χ4n) is 2.90. The number of hydrogen-bond acceptors (Lipinski definition) is 6. The zero-order valence-electron chi connectivity index (χ0n) is 16.2. The molecule has 0 saturated carbocycles. The van der Waals surface area contributed by atoms with Gasteiger partial charge < -0.3 is 9.64 Å². The highest BCUT2D eigenvalue weighted by molar-refractivity contribution is 7.98. The second-order valence-electron chi connectivity index (χ2n) is 6.32. The van der Waals surface area contributed by atoms with Gasteiger partial charge in [-0.25, -0.2) is 23.1 Å². The molecule has 3 aromatic rings. The van der Waals surface area contributed by atoms with Crippen molar-refractivity contribution in [3.63, 3.8) is 0 Å². The zero-order valence-corrected chi connectivity index (χ0v) is 17.0. The van der Waals surface area contributed by atoms with Gasteiger partial charge in [0.2, 0.25) is 0 Å². The Hall–Kier alpha value is -2.68. The van der Waals surface area contributed by atoms with E-state index < -0.39 is 12.1 Å². The number of anilines is 1. The number of aromatic nitrogens is 3. The molecule has 154 valence electrons. The van der Waals surface area contributed by atoms with Crippen LogP contribution in [0.4, 0.5) is 14.6 Å². The molecule has 1 fully saturated rings. The number of hydrogen-bond donors (Lipinski definition) is 0. The van der Waals surface area contributed by atoms with E-state index in [0.29, 0.717) is 37.6 Å². The van der Waals surface area contributed by atoms with Crippen LogP contribution in [0.25, 0.3) is 5.65 Å². The summed E-state index contributed by atoms with van der Waals surface area (Å²) in [5.74, 6) is 0.0116. The average Bonchev–Trinajstić information content (AvgIpc) is 3.34. The van der Waals surface area contributed by atoms with Crippen molar-refractivity contribution in [2.24, 2.45) is 0 Å². The normalized spacial score (nSPS) is 15.9. The third-order valence-corrected chi connectivity index (χ3v) is 5.04. The Morgan fingerprint density at radius 2 is 2.17 bits per heavy atom. The van der Waals surface area contributed by atoms with Crippen LogP contribution in [0.15, 0.2) is 47.5 Å². The Bertz CT molecular complexity index is 982. The number of halogens is 2. The molecular weight excluding hydrogens is 398 g/mol. The molecule has 2 aromatic heterocycles. The van der Waals surface area contributed by atoms with E-state index in [1.807, 2.05) is 17.2 Å². The maximum atomic E-state index is 13.3. The Kier molecular flexibility index (Phi) is 7.03. The van der Waals surface area contributed by atoms with E-state index in [1.54, 1.807) is 36.9 Å². The number of carbonyl (C=O) groups excluding carboxylic acids is 1. The van der Waals surface area contributed by atoms with Crippen molar-refractivity contribution < 1.29 is 18.3 Å². The van der Waals surface area contributed by atoms with E-state index in [1.165, 1.54) is 22.8 Å². The zero-order chi connectivity index (χ0) is 20.8. The predicted octanol–water partition coefficient (Wildman–Crippen LogP) is 4.00. The summed E-state index contributed by atoms with van der Waals surface area (Å²) in [5.41, 5.74) is 0.840. The minimum Gasteiger partial charge on any atom is -0.461 e. The van der Waals surface area contributed by atoms with Gasteiger partial charge in [0.15, 0.2) is 11.3 Å². The number of fused-ring (bicyclic) bond motifs is 1. The van der Waals surface area contributed by atoms with Crippen LogP contribution in [-0.4, -0.2) is 52.7 Å². The van der Waals surface area contributed by atoms with E-state index >= 15 is 0 Å². The minimum absolute atomic E-state index is 0.165. The van der Waals surface area contributed by atoms with Crippen LogP contribution in [0.3, 0.4) is 0 Å². The highest BCUT2D eigenvalue weighted by Crippen LogP contribution is 2.20. The van der Waals surface area contributed by atoms with Crippen LogP contribution >= 0.6 is 11.8 Å². The first-order chi connectivity index (χ1) is 14.0. The molecule has 9 heteroatoms. The van der Waals surface area contributed by atoms with E-state index in [2.05, 4.69) is 10.1 Å². The number of ether oxygens (including phenoxy) is 1. The first-order valence-corrected chi connectivity index (χ1v) is 10.4. The van der Waals surface area contributed by atoms with Gasteiger partial charge in [0.1, 0.15) is 17.8 Å². The largest absolute Gasteiger partial charge is 0.461 e. The molecular formula is C20H22F2N4O2S. The molecule has 3 heterocycles. The van der Waals surface area contributed by atoms with Gasteiger partial charge in [-0.2, -0.15) is 0 Å². The number of nitrogens with zero attached hydrogens (tertiary/aromatic N) is 4. The van der Waals surface area contributed by atoms with Crippen molar-refractivity contribution in [3.05, 3.63) is 54.1 Å². The van der Waals surface area contributed by atoms with Gasteiger partial charge in [0, 0.05) is 11.4 Å². The van der Waals surface area contributed by atoms with Crippen molar-refractivity contribution in [1.29, 1.82) is 0 Å². The Morgan fingerprint density at radius 3 is 2.79 bits per heavy atom. The summed E-state index contributed by atoms with van der Waals surface area (Å²) in [7, 11) is 0. The monoisotopic (exact) mass is 420 g/mol. The average molecular weight is 420 g/mol. The second kappa shape index (κ2) is 9.69. The van der Waals surface area contributed by atoms with E-state index in [0.717, 1.165) is 4.90 Å². The van der Waals surface area contributed by atoms with Gasteiger partial charge in [-0.05, 0) is 49.9 Å². The van der Waals surface area contributed by atoms with Crippen molar-refractivity contribution in [2.75, 3.05) is 30.9 Å². The van der Waals surface area contributed by atoms with Gasteiger partial charge in [-0.1, -0.05) is 6.07 Å². The summed E-state index contributed by atoms with van der Waals surface area (Å²) in [6.45, 7) is 3.00. The van der Waals surface area contributed by atoms with Crippen LogP contribution < -0.4 is 4.90 Å². The molecule has 1 aliphatic rings. The fraction of sp³-hybridized carbons (Fsp3) is 0.350. The highest BCUT2D eigenvalue weighted by atomic mass is 32.2. The van der Waals surface area contributed by atoms with Gasteiger partial charge in [0.05, 0.1) is 19.3 Å². The van der Waals surface area contributed by atoms with E-state index in [9.17, 15) is 13.6 Å². The van der Waals surface area contributed by atoms with Crippen LogP contribution in [0.1, 0.15) is 23.8 Å². The van der Waals surface area contributed by atoms with Crippen molar-refractivity contribution in [3.8, 4) is 0 Å². The summed E-state index contributed by atoms with van der Waals surface area (Å²) < 4.78 is 32.0. The molecule has 1 unspecified atom stereocenters.